The van der Waals surface area contributed by atoms with Gasteiger partial charge in [0, 0.05) is 13.2 Å². The smallest absolute Gasteiger partial charge is 0.406 e. The van der Waals surface area contributed by atoms with Crippen LogP contribution < -0.4 is 5.32 Å². The minimum absolute atomic E-state index is 0.0341. The third-order valence-electron chi connectivity index (χ3n) is 2.18. The standard InChI is InChI=1S/C11H19F3N2O4/c1-4-20-10(2,3)6-15-9(19)16(5-8(17)18)7-11(12,13)14/h4-7H2,1-3H3,(H,15,19)(H,17,18). The molecule has 0 rings (SSSR count). The molecule has 0 aliphatic heterocycles. The molecule has 0 saturated heterocycles. The van der Waals surface area contributed by atoms with Crippen molar-refractivity contribution in [2.75, 3.05) is 26.2 Å². The van der Waals surface area contributed by atoms with Crippen molar-refractivity contribution in [3.63, 3.8) is 0 Å². The van der Waals surface area contributed by atoms with Gasteiger partial charge in [0.1, 0.15) is 13.1 Å². The van der Waals surface area contributed by atoms with Crippen molar-refractivity contribution in [1.82, 2.24) is 10.2 Å². The lowest BCUT2D eigenvalue weighted by Crippen LogP contribution is -2.50. The van der Waals surface area contributed by atoms with Gasteiger partial charge >= 0.3 is 18.2 Å². The Hall–Kier alpha value is -1.51. The molecule has 0 saturated carbocycles. The van der Waals surface area contributed by atoms with E-state index >= 15 is 0 Å². The summed E-state index contributed by atoms with van der Waals surface area (Å²) in [6.07, 6.45) is -4.66. The van der Waals surface area contributed by atoms with E-state index in [9.17, 15) is 22.8 Å². The van der Waals surface area contributed by atoms with Gasteiger partial charge in [-0.05, 0) is 20.8 Å². The summed E-state index contributed by atoms with van der Waals surface area (Å²) in [5.74, 6) is -1.52. The normalized spacial score (nSPS) is 12.1. The molecule has 0 aromatic carbocycles. The lowest BCUT2D eigenvalue weighted by atomic mass is 10.1. The second kappa shape index (κ2) is 7.32. The summed E-state index contributed by atoms with van der Waals surface area (Å²) in [7, 11) is 0. The number of nitrogens with one attached hydrogen (secondary N) is 1. The first kappa shape index (κ1) is 18.5. The highest BCUT2D eigenvalue weighted by Gasteiger charge is 2.34. The summed E-state index contributed by atoms with van der Waals surface area (Å²) in [4.78, 5) is 22.3. The Morgan fingerprint density at radius 1 is 1.30 bits per heavy atom. The number of carbonyl (C=O) groups excluding carboxylic acids is 1. The van der Waals surface area contributed by atoms with Crippen molar-refractivity contribution in [3.05, 3.63) is 0 Å². The lowest BCUT2D eigenvalue weighted by molar-refractivity contribution is -0.149. The Bertz CT molecular complexity index is 345. The maximum Gasteiger partial charge on any atom is 0.406 e. The van der Waals surface area contributed by atoms with Crippen LogP contribution in [0.5, 0.6) is 0 Å². The molecular weight excluding hydrogens is 281 g/mol. The molecule has 0 heterocycles. The fraction of sp³-hybridized carbons (Fsp3) is 0.818. The Morgan fingerprint density at radius 3 is 2.25 bits per heavy atom. The summed E-state index contributed by atoms with van der Waals surface area (Å²) in [5, 5.41) is 10.8. The van der Waals surface area contributed by atoms with Crippen molar-refractivity contribution in [1.29, 1.82) is 0 Å². The molecule has 6 nitrogen and oxygen atoms in total. The molecule has 2 N–H and O–H groups in total. The van der Waals surface area contributed by atoms with E-state index in [0.717, 1.165) is 0 Å². The number of carboxylic acid groups (broad SMARTS) is 1. The average Bonchev–Trinajstić information content (AvgIpc) is 2.22. The quantitative estimate of drug-likeness (QED) is 0.746. The molecule has 118 valence electrons. The minimum atomic E-state index is -4.66. The predicted octanol–water partition coefficient (Wildman–Crippen LogP) is 1.46. The van der Waals surface area contributed by atoms with Crippen molar-refractivity contribution in [2.24, 2.45) is 0 Å². The van der Waals surface area contributed by atoms with E-state index in [4.69, 9.17) is 9.84 Å². The Kier molecular flexibility index (Phi) is 6.77. The number of hydrogen-bond acceptors (Lipinski definition) is 3. The molecule has 0 fully saturated rings. The van der Waals surface area contributed by atoms with Gasteiger partial charge in [-0.1, -0.05) is 0 Å². The first-order valence-corrected chi connectivity index (χ1v) is 5.92. The van der Waals surface area contributed by atoms with E-state index in [1.165, 1.54) is 0 Å². The zero-order valence-electron chi connectivity index (χ0n) is 11.6. The molecule has 0 aromatic heterocycles. The zero-order valence-corrected chi connectivity index (χ0v) is 11.6. The number of carboxylic acids is 1. The lowest BCUT2D eigenvalue weighted by Gasteiger charge is -2.28. The Labute approximate surface area is 114 Å². The number of hydrogen-bond donors (Lipinski definition) is 2. The van der Waals surface area contributed by atoms with E-state index in [-0.39, 0.29) is 11.4 Å². The summed E-state index contributed by atoms with van der Waals surface area (Å²) in [6, 6.07) is -1.10. The van der Waals surface area contributed by atoms with Crippen LogP contribution in [0.4, 0.5) is 18.0 Å². The fourth-order valence-electron chi connectivity index (χ4n) is 1.42. The van der Waals surface area contributed by atoms with E-state index in [1.807, 2.05) is 0 Å². The third-order valence-corrected chi connectivity index (χ3v) is 2.18. The van der Waals surface area contributed by atoms with Crippen molar-refractivity contribution in [3.8, 4) is 0 Å². The molecule has 0 atom stereocenters. The summed E-state index contributed by atoms with van der Waals surface area (Å²) in [6.45, 7) is 2.74. The summed E-state index contributed by atoms with van der Waals surface area (Å²) >= 11 is 0. The Morgan fingerprint density at radius 2 is 1.85 bits per heavy atom. The van der Waals surface area contributed by atoms with Gasteiger partial charge in [0.25, 0.3) is 0 Å². The number of aliphatic carboxylic acids is 1. The molecule has 0 aliphatic rings. The monoisotopic (exact) mass is 300 g/mol. The van der Waals surface area contributed by atoms with Crippen LogP contribution in [-0.4, -0.2) is 60.0 Å². The van der Waals surface area contributed by atoms with Gasteiger partial charge < -0.3 is 20.1 Å². The molecule has 0 bridgehead atoms. The van der Waals surface area contributed by atoms with Gasteiger partial charge in [-0.15, -0.1) is 0 Å². The van der Waals surface area contributed by atoms with E-state index < -0.39 is 36.9 Å². The largest absolute Gasteiger partial charge is 0.480 e. The van der Waals surface area contributed by atoms with Crippen LogP contribution in [-0.2, 0) is 9.53 Å². The van der Waals surface area contributed by atoms with Crippen LogP contribution in [0.15, 0.2) is 0 Å². The second-order valence-corrected chi connectivity index (χ2v) is 4.72. The fourth-order valence-corrected chi connectivity index (χ4v) is 1.42. The van der Waals surface area contributed by atoms with Crippen molar-refractivity contribution >= 4 is 12.0 Å². The molecular formula is C11H19F3N2O4. The molecule has 9 heteroatoms. The molecule has 0 aliphatic carbocycles. The number of urea groups is 1. The minimum Gasteiger partial charge on any atom is -0.480 e. The van der Waals surface area contributed by atoms with Gasteiger partial charge in [-0.2, -0.15) is 13.2 Å². The van der Waals surface area contributed by atoms with Crippen LogP contribution in [0.25, 0.3) is 0 Å². The van der Waals surface area contributed by atoms with Crippen LogP contribution in [0.3, 0.4) is 0 Å². The third kappa shape index (κ3) is 8.57. The highest BCUT2D eigenvalue weighted by Crippen LogP contribution is 2.16. The number of carbonyl (C=O) groups is 2. The van der Waals surface area contributed by atoms with Gasteiger partial charge in [-0.3, -0.25) is 4.79 Å². The SMILES string of the molecule is CCOC(C)(C)CNC(=O)N(CC(=O)O)CC(F)(F)F. The molecule has 0 unspecified atom stereocenters. The maximum absolute atomic E-state index is 12.3. The van der Waals surface area contributed by atoms with Crippen LogP contribution in [0, 0.1) is 0 Å². The summed E-state index contributed by atoms with van der Waals surface area (Å²) in [5.41, 5.74) is -0.752. The number of rotatable bonds is 7. The summed E-state index contributed by atoms with van der Waals surface area (Å²) < 4.78 is 42.1. The van der Waals surface area contributed by atoms with Gasteiger partial charge in [0.2, 0.25) is 0 Å². The van der Waals surface area contributed by atoms with Gasteiger partial charge in [0.05, 0.1) is 5.60 Å². The molecule has 2 amide bonds. The number of halogens is 3. The zero-order chi connectivity index (χ0) is 16.0. The second-order valence-electron chi connectivity index (χ2n) is 4.72. The molecule has 0 radical (unpaired) electrons. The van der Waals surface area contributed by atoms with Crippen LogP contribution in [0.2, 0.25) is 0 Å². The highest BCUT2D eigenvalue weighted by atomic mass is 19.4. The first-order valence-electron chi connectivity index (χ1n) is 5.92. The van der Waals surface area contributed by atoms with Crippen molar-refractivity contribution < 1.29 is 32.6 Å². The first-order chi connectivity index (χ1) is 8.97. The van der Waals surface area contributed by atoms with Gasteiger partial charge in [0.15, 0.2) is 0 Å². The average molecular weight is 300 g/mol. The number of alkyl halides is 3. The van der Waals surface area contributed by atoms with E-state index in [1.54, 1.807) is 20.8 Å². The van der Waals surface area contributed by atoms with Gasteiger partial charge in [-0.25, -0.2) is 4.79 Å². The molecule has 20 heavy (non-hydrogen) atoms. The Balaban J connectivity index is 4.59. The number of nitrogens with zero attached hydrogens (tertiary/aromatic N) is 1. The highest BCUT2D eigenvalue weighted by molar-refractivity contribution is 5.80. The topological polar surface area (TPSA) is 78.9 Å². The molecule has 0 aromatic rings. The predicted molar refractivity (Wildman–Crippen MR) is 64.4 cm³/mol. The maximum atomic E-state index is 12.3. The molecule has 0 spiro atoms. The van der Waals surface area contributed by atoms with E-state index in [0.29, 0.717) is 6.61 Å². The van der Waals surface area contributed by atoms with E-state index in [2.05, 4.69) is 5.32 Å². The van der Waals surface area contributed by atoms with Crippen molar-refractivity contribution in [2.45, 2.75) is 32.5 Å². The van der Waals surface area contributed by atoms with Crippen LogP contribution in [0.1, 0.15) is 20.8 Å². The van der Waals surface area contributed by atoms with Crippen LogP contribution >= 0.6 is 0 Å². The number of amides is 2. The number of ether oxygens (including phenoxy) is 1.